The second-order valence-electron chi connectivity index (χ2n) is 8.65. The molecule has 130 valence electrons. The summed E-state index contributed by atoms with van der Waals surface area (Å²) >= 11 is 0. The van der Waals surface area contributed by atoms with E-state index in [1.54, 1.807) is 0 Å². The van der Waals surface area contributed by atoms with Crippen LogP contribution >= 0.6 is 0 Å². The van der Waals surface area contributed by atoms with Crippen LogP contribution in [0.1, 0.15) is 73.1 Å². The van der Waals surface area contributed by atoms with Crippen molar-refractivity contribution in [3.05, 3.63) is 23.3 Å². The van der Waals surface area contributed by atoms with Crippen LogP contribution in [0.15, 0.2) is 23.3 Å². The van der Waals surface area contributed by atoms with E-state index in [0.717, 1.165) is 44.1 Å². The summed E-state index contributed by atoms with van der Waals surface area (Å²) in [6.07, 6.45) is 11.2. The van der Waals surface area contributed by atoms with Crippen LogP contribution < -0.4 is 0 Å². The number of hydrogen-bond donors (Lipinski definition) is 1. The summed E-state index contributed by atoms with van der Waals surface area (Å²) in [6, 6.07) is 0. The van der Waals surface area contributed by atoms with E-state index in [0.29, 0.717) is 6.10 Å². The topological polar surface area (TPSA) is 45.3 Å². The van der Waals surface area contributed by atoms with Crippen LogP contribution in [-0.4, -0.2) is 34.1 Å². The Hall–Kier alpha value is -0.640. The van der Waals surface area contributed by atoms with E-state index in [1.807, 2.05) is 13.8 Å². The van der Waals surface area contributed by atoms with Gasteiger partial charge >= 0.3 is 0 Å². The third-order valence-corrected chi connectivity index (χ3v) is 5.94. The van der Waals surface area contributed by atoms with Crippen molar-refractivity contribution in [3.63, 3.8) is 0 Å². The summed E-state index contributed by atoms with van der Waals surface area (Å²) < 4.78 is 11.9. The van der Waals surface area contributed by atoms with Crippen LogP contribution in [0, 0.1) is 0 Å². The highest BCUT2D eigenvalue weighted by molar-refractivity contribution is 5.23. The van der Waals surface area contributed by atoms with Gasteiger partial charge in [-0.1, -0.05) is 17.7 Å². The molecular formula is C20H32O3. The first-order valence-corrected chi connectivity index (χ1v) is 9.07. The molecule has 0 spiro atoms. The molecule has 0 unspecified atom stereocenters. The highest BCUT2D eigenvalue weighted by Gasteiger charge is 2.52. The molecular weight excluding hydrogens is 288 g/mol. The van der Waals surface area contributed by atoms with E-state index in [9.17, 15) is 5.11 Å². The summed E-state index contributed by atoms with van der Waals surface area (Å²) in [5, 5.41) is 10.5. The second kappa shape index (κ2) is 5.72. The Morgan fingerprint density at radius 1 is 1.13 bits per heavy atom. The molecule has 0 aromatic rings. The average Bonchev–Trinajstić information content (AvgIpc) is 3.27. The Morgan fingerprint density at radius 3 is 2.57 bits per heavy atom. The highest BCUT2D eigenvalue weighted by Crippen LogP contribution is 2.47. The first-order valence-electron chi connectivity index (χ1n) is 9.07. The Bertz CT molecular complexity index is 527. The Labute approximate surface area is 140 Å². The lowest BCUT2D eigenvalue weighted by molar-refractivity contribution is 0.113. The molecule has 1 aliphatic carbocycles. The van der Waals surface area contributed by atoms with Gasteiger partial charge in [0.1, 0.15) is 6.10 Å². The predicted molar refractivity (Wildman–Crippen MR) is 92.4 cm³/mol. The van der Waals surface area contributed by atoms with E-state index in [4.69, 9.17) is 9.47 Å². The number of hydrogen-bond acceptors (Lipinski definition) is 3. The van der Waals surface area contributed by atoms with Crippen molar-refractivity contribution in [2.75, 3.05) is 0 Å². The quantitative estimate of drug-likeness (QED) is 0.579. The number of epoxide rings is 2. The fourth-order valence-corrected chi connectivity index (χ4v) is 3.77. The molecule has 2 heterocycles. The maximum Gasteiger partial charge on any atom is 0.106 e. The Balaban J connectivity index is 1.78. The number of rotatable bonds is 1. The molecule has 3 rings (SSSR count). The Kier molecular flexibility index (Phi) is 4.27. The van der Waals surface area contributed by atoms with Crippen LogP contribution in [-0.2, 0) is 9.47 Å². The predicted octanol–water partition coefficient (Wildman–Crippen LogP) is 4.30. The van der Waals surface area contributed by atoms with E-state index < -0.39 is 5.60 Å². The maximum atomic E-state index is 10.5. The van der Waals surface area contributed by atoms with E-state index >= 15 is 0 Å². The van der Waals surface area contributed by atoms with E-state index in [2.05, 4.69) is 32.9 Å². The minimum absolute atomic E-state index is 0.0115. The molecule has 4 atom stereocenters. The first kappa shape index (κ1) is 17.2. The standard InChI is InChI=1S/C20H32O3/c1-14-7-6-11-19(4)17(23-19)13-15(18(2,3)21)10-12-20(5)16(22-20)9-8-14/h7,13,16-17,21H,6,8-12H2,1-5H3/b14-7+,15-13+/t16-,17-,19-,20-/m1/s1. The van der Waals surface area contributed by atoms with Gasteiger partial charge in [-0.2, -0.15) is 0 Å². The maximum absolute atomic E-state index is 10.5. The smallest absolute Gasteiger partial charge is 0.106 e. The number of aliphatic hydroxyl groups is 1. The number of allylic oxidation sites excluding steroid dienone is 2. The zero-order valence-electron chi connectivity index (χ0n) is 15.3. The summed E-state index contributed by atoms with van der Waals surface area (Å²) in [7, 11) is 0. The molecule has 3 nitrogen and oxygen atoms in total. The van der Waals surface area contributed by atoms with Gasteiger partial charge in [0.05, 0.1) is 22.9 Å². The molecule has 0 aromatic heterocycles. The van der Waals surface area contributed by atoms with Crippen molar-refractivity contribution in [1.29, 1.82) is 0 Å². The zero-order chi connectivity index (χ0) is 16.9. The molecule has 2 fully saturated rings. The molecule has 3 heteroatoms. The SMILES string of the molecule is C/C1=C\CC[C@@]2(C)O[C@@H]2/C=C(/C(C)(C)O)CC[C@@]2(C)O[C@@H]2CC1. The minimum atomic E-state index is -0.791. The van der Waals surface area contributed by atoms with Crippen LogP contribution in [0.4, 0.5) is 0 Å². The highest BCUT2D eigenvalue weighted by atomic mass is 16.6. The second-order valence-corrected chi connectivity index (χ2v) is 8.65. The van der Waals surface area contributed by atoms with Gasteiger partial charge in [0.15, 0.2) is 0 Å². The first-order chi connectivity index (χ1) is 10.6. The fraction of sp³-hybridized carbons (Fsp3) is 0.800. The van der Waals surface area contributed by atoms with Gasteiger partial charge < -0.3 is 14.6 Å². The van der Waals surface area contributed by atoms with Gasteiger partial charge in [0.2, 0.25) is 0 Å². The fourth-order valence-electron chi connectivity index (χ4n) is 3.77. The van der Waals surface area contributed by atoms with Gasteiger partial charge in [-0.25, -0.2) is 0 Å². The van der Waals surface area contributed by atoms with E-state index in [-0.39, 0.29) is 17.3 Å². The number of fused-ring (bicyclic) bond motifs is 2. The molecule has 0 amide bonds. The molecule has 1 N–H and O–H groups in total. The van der Waals surface area contributed by atoms with Crippen LogP contribution in [0.3, 0.4) is 0 Å². The van der Waals surface area contributed by atoms with Crippen molar-refractivity contribution < 1.29 is 14.6 Å². The molecule has 0 aromatic carbocycles. The lowest BCUT2D eigenvalue weighted by atomic mass is 9.86. The van der Waals surface area contributed by atoms with Crippen LogP contribution in [0.5, 0.6) is 0 Å². The van der Waals surface area contributed by atoms with Gasteiger partial charge in [-0.05, 0) is 78.7 Å². The normalized spacial score (nSPS) is 46.3. The summed E-state index contributed by atoms with van der Waals surface area (Å²) in [5.41, 5.74) is 1.70. The number of ether oxygens (including phenoxy) is 2. The van der Waals surface area contributed by atoms with Crippen molar-refractivity contribution >= 4 is 0 Å². The monoisotopic (exact) mass is 320 g/mol. The molecule has 23 heavy (non-hydrogen) atoms. The van der Waals surface area contributed by atoms with Gasteiger partial charge in [0, 0.05) is 0 Å². The van der Waals surface area contributed by atoms with Gasteiger partial charge in [0.25, 0.3) is 0 Å². The molecule has 0 saturated carbocycles. The third-order valence-electron chi connectivity index (χ3n) is 5.94. The van der Waals surface area contributed by atoms with Crippen LogP contribution in [0.2, 0.25) is 0 Å². The lowest BCUT2D eigenvalue weighted by Gasteiger charge is -2.23. The van der Waals surface area contributed by atoms with Crippen LogP contribution in [0.25, 0.3) is 0 Å². The molecule has 2 aliphatic heterocycles. The lowest BCUT2D eigenvalue weighted by Crippen LogP contribution is -2.25. The van der Waals surface area contributed by atoms with Crippen molar-refractivity contribution in [2.45, 2.75) is 102 Å². The van der Waals surface area contributed by atoms with E-state index in [1.165, 1.54) is 5.57 Å². The summed E-state index contributed by atoms with van der Waals surface area (Å²) in [5.74, 6) is 0. The van der Waals surface area contributed by atoms with Crippen molar-refractivity contribution in [2.24, 2.45) is 0 Å². The Morgan fingerprint density at radius 2 is 1.87 bits per heavy atom. The average molecular weight is 320 g/mol. The van der Waals surface area contributed by atoms with Crippen molar-refractivity contribution in [1.82, 2.24) is 0 Å². The van der Waals surface area contributed by atoms with Gasteiger partial charge in [-0.15, -0.1) is 0 Å². The largest absolute Gasteiger partial charge is 0.386 e. The molecule has 0 radical (unpaired) electrons. The molecule has 2 saturated heterocycles. The summed E-state index contributed by atoms with van der Waals surface area (Å²) in [6.45, 7) is 10.4. The third kappa shape index (κ3) is 3.89. The summed E-state index contributed by atoms with van der Waals surface area (Å²) in [4.78, 5) is 0. The molecule has 0 bridgehead atoms. The zero-order valence-corrected chi connectivity index (χ0v) is 15.3. The van der Waals surface area contributed by atoms with Gasteiger partial charge in [-0.3, -0.25) is 0 Å². The minimum Gasteiger partial charge on any atom is -0.386 e. The van der Waals surface area contributed by atoms with Crippen molar-refractivity contribution in [3.8, 4) is 0 Å². The molecule has 3 aliphatic rings.